The van der Waals surface area contributed by atoms with E-state index in [1.165, 1.54) is 11.1 Å². The van der Waals surface area contributed by atoms with Crippen LogP contribution in [0.2, 0.25) is 0 Å². The van der Waals surface area contributed by atoms with Crippen LogP contribution in [0.4, 0.5) is 0 Å². The summed E-state index contributed by atoms with van der Waals surface area (Å²) in [5, 5.41) is 0. The van der Waals surface area contributed by atoms with E-state index in [4.69, 9.17) is 0 Å². The van der Waals surface area contributed by atoms with Gasteiger partial charge in [-0.1, -0.05) is 49.3 Å². The van der Waals surface area contributed by atoms with Crippen molar-refractivity contribution in [2.45, 2.75) is 27.7 Å². The minimum absolute atomic E-state index is 0.953. The molecule has 0 aromatic heterocycles. The molecule has 0 radical (unpaired) electrons. The molecule has 1 aromatic carbocycles. The summed E-state index contributed by atoms with van der Waals surface area (Å²) >= 11 is 0. The first-order chi connectivity index (χ1) is 9.47. The first-order valence-corrected chi connectivity index (χ1v) is 6.73. The molecule has 20 heavy (non-hydrogen) atoms. The molecule has 1 rings (SSSR count). The SMILES string of the molecule is C=C/C(C(=C)C)=C(C#Cc1cc(C)cc(C)c1)/C=C\C. The van der Waals surface area contributed by atoms with Crippen molar-refractivity contribution in [2.24, 2.45) is 0 Å². The maximum atomic E-state index is 3.98. The fraction of sp³-hybridized carbons (Fsp3) is 0.200. The third-order valence-corrected chi connectivity index (χ3v) is 2.85. The highest BCUT2D eigenvalue weighted by atomic mass is 14.0. The van der Waals surface area contributed by atoms with Gasteiger partial charge in [-0.25, -0.2) is 0 Å². The second-order valence-corrected chi connectivity index (χ2v) is 4.94. The molecule has 0 spiro atoms. The van der Waals surface area contributed by atoms with Gasteiger partial charge in [0.1, 0.15) is 0 Å². The molecule has 0 amide bonds. The lowest BCUT2D eigenvalue weighted by atomic mass is 10.0. The molecular weight excluding hydrogens is 240 g/mol. The van der Waals surface area contributed by atoms with E-state index >= 15 is 0 Å². The van der Waals surface area contributed by atoms with Crippen LogP contribution < -0.4 is 0 Å². The maximum Gasteiger partial charge on any atom is 0.0320 e. The van der Waals surface area contributed by atoms with Crippen molar-refractivity contribution in [3.63, 3.8) is 0 Å². The van der Waals surface area contributed by atoms with Crippen LogP contribution in [0.25, 0.3) is 0 Å². The average Bonchev–Trinajstić information content (AvgIpc) is 2.35. The Labute approximate surface area is 123 Å². The Hall–Kier alpha value is -2.26. The number of hydrogen-bond acceptors (Lipinski definition) is 0. The number of hydrogen-bond donors (Lipinski definition) is 0. The van der Waals surface area contributed by atoms with Gasteiger partial charge in [0, 0.05) is 11.1 Å². The molecule has 0 heterocycles. The summed E-state index contributed by atoms with van der Waals surface area (Å²) in [4.78, 5) is 0. The monoisotopic (exact) mass is 262 g/mol. The predicted molar refractivity (Wildman–Crippen MR) is 89.6 cm³/mol. The van der Waals surface area contributed by atoms with Crippen LogP contribution >= 0.6 is 0 Å². The molecule has 102 valence electrons. The highest BCUT2D eigenvalue weighted by Crippen LogP contribution is 2.15. The summed E-state index contributed by atoms with van der Waals surface area (Å²) in [5.74, 6) is 6.47. The normalized spacial score (nSPS) is 11.6. The van der Waals surface area contributed by atoms with Crippen molar-refractivity contribution >= 4 is 0 Å². The van der Waals surface area contributed by atoms with Gasteiger partial charge in [-0.05, 0) is 62.1 Å². The lowest BCUT2D eigenvalue weighted by Crippen LogP contribution is -1.87. The van der Waals surface area contributed by atoms with Gasteiger partial charge in [0.15, 0.2) is 0 Å². The van der Waals surface area contributed by atoms with E-state index in [2.05, 4.69) is 57.0 Å². The van der Waals surface area contributed by atoms with Crippen molar-refractivity contribution in [1.29, 1.82) is 0 Å². The van der Waals surface area contributed by atoms with E-state index in [0.717, 1.165) is 22.3 Å². The Morgan fingerprint density at radius 2 is 1.75 bits per heavy atom. The first kappa shape index (κ1) is 15.8. The standard InChI is InChI=1S/C20H22/c1-7-9-19(20(8-2)15(3)4)11-10-18-13-16(5)12-17(6)14-18/h7-9,12-14H,2-3H2,1,4-6H3/b9-7-,20-19+. The van der Waals surface area contributed by atoms with Crippen LogP contribution in [0.15, 0.2) is 66.3 Å². The Morgan fingerprint density at radius 3 is 2.20 bits per heavy atom. The number of aryl methyl sites for hydroxylation is 2. The van der Waals surface area contributed by atoms with E-state index in [1.807, 2.05) is 32.1 Å². The molecule has 0 atom stereocenters. The molecular formula is C20H22. The molecule has 0 heteroatoms. The van der Waals surface area contributed by atoms with Crippen LogP contribution in [0, 0.1) is 25.7 Å². The Morgan fingerprint density at radius 1 is 1.15 bits per heavy atom. The largest absolute Gasteiger partial charge is 0.0984 e. The van der Waals surface area contributed by atoms with E-state index in [-0.39, 0.29) is 0 Å². The summed E-state index contributed by atoms with van der Waals surface area (Å²) in [7, 11) is 0. The minimum atomic E-state index is 0.953. The molecule has 0 fully saturated rings. The lowest BCUT2D eigenvalue weighted by Gasteiger charge is -2.03. The number of rotatable bonds is 3. The highest BCUT2D eigenvalue weighted by molar-refractivity contribution is 5.55. The van der Waals surface area contributed by atoms with Crippen molar-refractivity contribution in [3.05, 3.63) is 83.0 Å². The zero-order valence-corrected chi connectivity index (χ0v) is 12.9. The van der Waals surface area contributed by atoms with Crippen molar-refractivity contribution in [2.75, 3.05) is 0 Å². The van der Waals surface area contributed by atoms with Gasteiger partial charge < -0.3 is 0 Å². The van der Waals surface area contributed by atoms with Crippen LogP contribution in [-0.4, -0.2) is 0 Å². The van der Waals surface area contributed by atoms with Crippen LogP contribution in [0.3, 0.4) is 0 Å². The third kappa shape index (κ3) is 4.44. The van der Waals surface area contributed by atoms with Gasteiger partial charge >= 0.3 is 0 Å². The van der Waals surface area contributed by atoms with Crippen LogP contribution in [0.1, 0.15) is 30.5 Å². The summed E-state index contributed by atoms with van der Waals surface area (Å²) in [6.07, 6.45) is 5.80. The van der Waals surface area contributed by atoms with Gasteiger partial charge in [-0.15, -0.1) is 0 Å². The van der Waals surface area contributed by atoms with E-state index in [0.29, 0.717) is 0 Å². The van der Waals surface area contributed by atoms with Gasteiger partial charge in [0.05, 0.1) is 0 Å². The summed E-state index contributed by atoms with van der Waals surface area (Å²) in [5.41, 5.74) is 6.43. The first-order valence-electron chi connectivity index (χ1n) is 6.73. The molecule has 0 aliphatic carbocycles. The Bertz CT molecular complexity index is 620. The topological polar surface area (TPSA) is 0 Å². The van der Waals surface area contributed by atoms with Crippen molar-refractivity contribution in [3.8, 4) is 11.8 Å². The summed E-state index contributed by atoms with van der Waals surface area (Å²) < 4.78 is 0. The van der Waals surface area contributed by atoms with Crippen LogP contribution in [-0.2, 0) is 0 Å². The van der Waals surface area contributed by atoms with E-state index in [1.54, 1.807) is 0 Å². The zero-order valence-electron chi connectivity index (χ0n) is 12.9. The van der Waals surface area contributed by atoms with Gasteiger partial charge in [0.25, 0.3) is 0 Å². The molecule has 0 N–H and O–H groups in total. The molecule has 0 bridgehead atoms. The fourth-order valence-corrected chi connectivity index (χ4v) is 2.07. The molecule has 0 saturated heterocycles. The predicted octanol–water partition coefficient (Wildman–Crippen LogP) is 5.29. The molecule has 0 aliphatic rings. The smallest absolute Gasteiger partial charge is 0.0320 e. The van der Waals surface area contributed by atoms with Crippen molar-refractivity contribution in [1.82, 2.24) is 0 Å². The minimum Gasteiger partial charge on any atom is -0.0984 e. The van der Waals surface area contributed by atoms with Gasteiger partial charge in [0.2, 0.25) is 0 Å². The lowest BCUT2D eigenvalue weighted by molar-refractivity contribution is 1.37. The maximum absolute atomic E-state index is 3.98. The zero-order chi connectivity index (χ0) is 15.1. The highest BCUT2D eigenvalue weighted by Gasteiger charge is 1.99. The fourth-order valence-electron chi connectivity index (χ4n) is 2.07. The Balaban J connectivity index is 3.31. The average molecular weight is 262 g/mol. The van der Waals surface area contributed by atoms with E-state index in [9.17, 15) is 0 Å². The van der Waals surface area contributed by atoms with Gasteiger partial charge in [-0.3, -0.25) is 0 Å². The molecule has 0 nitrogen and oxygen atoms in total. The molecule has 0 saturated carbocycles. The number of benzene rings is 1. The molecule has 0 aliphatic heterocycles. The van der Waals surface area contributed by atoms with E-state index < -0.39 is 0 Å². The second-order valence-electron chi connectivity index (χ2n) is 4.94. The molecule has 0 unspecified atom stereocenters. The quantitative estimate of drug-likeness (QED) is 0.513. The molecule has 1 aromatic rings. The van der Waals surface area contributed by atoms with Gasteiger partial charge in [-0.2, -0.15) is 0 Å². The Kier molecular flexibility index (Phi) is 5.81. The second kappa shape index (κ2) is 7.36. The van der Waals surface area contributed by atoms with Crippen LogP contribution in [0.5, 0.6) is 0 Å². The summed E-state index contributed by atoms with van der Waals surface area (Å²) in [6, 6.07) is 6.35. The number of allylic oxidation sites excluding steroid dienone is 6. The third-order valence-electron chi connectivity index (χ3n) is 2.85. The summed E-state index contributed by atoms with van der Waals surface area (Å²) in [6.45, 7) is 16.0. The van der Waals surface area contributed by atoms with Crippen molar-refractivity contribution < 1.29 is 0 Å².